The van der Waals surface area contributed by atoms with Gasteiger partial charge in [-0.2, -0.15) is 18.2 Å². The number of nitrogen functional groups attached to an aromatic ring is 1. The minimum Gasteiger partial charge on any atom is -0.503 e. The Kier molecular flexibility index (Phi) is 8.30. The van der Waals surface area contributed by atoms with Crippen molar-refractivity contribution in [2.75, 3.05) is 5.73 Å². The van der Waals surface area contributed by atoms with Crippen molar-refractivity contribution in [3.05, 3.63) is 39.3 Å². The summed E-state index contributed by atoms with van der Waals surface area (Å²) < 4.78 is 33.9. The smallest absolute Gasteiger partial charge is 0.418 e. The molecule has 1 aliphatic carbocycles. The molecule has 18 heteroatoms. The second-order valence-corrected chi connectivity index (χ2v) is 10.8. The summed E-state index contributed by atoms with van der Waals surface area (Å²) in [6.07, 6.45) is 2.54. The van der Waals surface area contributed by atoms with Gasteiger partial charge in [0, 0.05) is 17.4 Å². The van der Waals surface area contributed by atoms with E-state index in [2.05, 4.69) is 19.7 Å². The van der Waals surface area contributed by atoms with E-state index in [1.165, 1.54) is 25.2 Å². The number of thiazole rings is 1. The fourth-order valence-electron chi connectivity index (χ4n) is 3.48. The minimum atomic E-state index is -4.74. The molecule has 2 aromatic heterocycles. The second-order valence-electron chi connectivity index (χ2n) is 8.91. The number of oxime groups is 1. The van der Waals surface area contributed by atoms with Gasteiger partial charge in [-0.25, -0.2) is 4.98 Å². The van der Waals surface area contributed by atoms with E-state index < -0.39 is 45.2 Å². The molecule has 1 saturated heterocycles. The maximum Gasteiger partial charge on any atom is 0.418 e. The van der Waals surface area contributed by atoms with Crippen LogP contribution in [0.25, 0.3) is 0 Å². The van der Waals surface area contributed by atoms with Crippen molar-refractivity contribution in [1.29, 1.82) is 0 Å². The van der Waals surface area contributed by atoms with Gasteiger partial charge in [-0.3, -0.25) is 18.9 Å². The van der Waals surface area contributed by atoms with Gasteiger partial charge in [0.05, 0.1) is 11.7 Å². The minimum absolute atomic E-state index is 0.161. The molecule has 38 heavy (non-hydrogen) atoms. The van der Waals surface area contributed by atoms with E-state index in [9.17, 15) is 33.1 Å². The van der Waals surface area contributed by atoms with Gasteiger partial charge in [0.2, 0.25) is 11.8 Å². The van der Waals surface area contributed by atoms with Crippen molar-refractivity contribution in [2.45, 2.75) is 51.3 Å². The molecule has 208 valence electrons. The SMILES string of the molecule is C/C(=N\OC(c1cc(=O)c(O)cn1O)C1CC1)c1csc(N)n1.CC1(C)C(NC=O)C(=O)N1OS(=O)(=O)O. The van der Waals surface area contributed by atoms with Gasteiger partial charge >= 0.3 is 10.4 Å². The molecule has 2 aliphatic rings. The average Bonchev–Trinajstić information content (AvgIpc) is 3.57. The van der Waals surface area contributed by atoms with Crippen LogP contribution in [0.1, 0.15) is 51.1 Å². The Morgan fingerprint density at radius 2 is 2.05 bits per heavy atom. The third-order valence-electron chi connectivity index (χ3n) is 5.66. The molecule has 0 spiro atoms. The van der Waals surface area contributed by atoms with Crippen molar-refractivity contribution in [3.8, 4) is 5.75 Å². The summed E-state index contributed by atoms with van der Waals surface area (Å²) in [5.41, 5.74) is 5.40. The van der Waals surface area contributed by atoms with Gasteiger partial charge in [0.25, 0.3) is 5.91 Å². The lowest BCUT2D eigenvalue weighted by Crippen LogP contribution is -2.75. The molecule has 0 aromatic carbocycles. The van der Waals surface area contributed by atoms with E-state index in [4.69, 9.17) is 15.1 Å². The molecule has 3 heterocycles. The highest BCUT2D eigenvalue weighted by atomic mass is 32.3. The predicted molar refractivity (Wildman–Crippen MR) is 131 cm³/mol. The third kappa shape index (κ3) is 6.57. The molecular formula is C20H26N6O10S2. The summed E-state index contributed by atoms with van der Waals surface area (Å²) in [6.45, 7) is 4.68. The molecule has 2 fully saturated rings. The number of nitrogens with two attached hydrogens (primary N) is 1. The summed E-state index contributed by atoms with van der Waals surface area (Å²) in [5, 5.41) is 28.2. The molecule has 2 amide bonds. The van der Waals surface area contributed by atoms with Crippen LogP contribution in [-0.4, -0.2) is 67.7 Å². The number of pyridine rings is 1. The van der Waals surface area contributed by atoms with Crippen LogP contribution in [0.3, 0.4) is 0 Å². The quantitative estimate of drug-likeness (QED) is 0.0673. The van der Waals surface area contributed by atoms with Crippen LogP contribution < -0.4 is 16.5 Å². The van der Waals surface area contributed by atoms with E-state index in [0.29, 0.717) is 32.7 Å². The van der Waals surface area contributed by atoms with E-state index in [0.717, 1.165) is 25.1 Å². The highest BCUT2D eigenvalue weighted by Crippen LogP contribution is 2.43. The fourth-order valence-corrected chi connectivity index (χ4v) is 4.54. The number of β-lactam (4-membered cyclic amide) rings is 1. The van der Waals surface area contributed by atoms with Crippen LogP contribution in [0.4, 0.5) is 5.13 Å². The Morgan fingerprint density at radius 3 is 2.55 bits per heavy atom. The Labute approximate surface area is 220 Å². The lowest BCUT2D eigenvalue weighted by molar-refractivity contribution is -0.218. The normalized spacial score (nSPS) is 19.6. The number of amides is 2. The maximum atomic E-state index is 11.6. The molecule has 2 aromatic rings. The van der Waals surface area contributed by atoms with E-state index in [1.807, 2.05) is 0 Å². The Hall–Kier alpha value is -3.74. The average molecular weight is 575 g/mol. The molecule has 4 rings (SSSR count). The van der Waals surface area contributed by atoms with Crippen molar-refractivity contribution in [2.24, 2.45) is 11.1 Å². The highest BCUT2D eigenvalue weighted by molar-refractivity contribution is 7.80. The summed E-state index contributed by atoms with van der Waals surface area (Å²) in [7, 11) is -4.74. The standard InChI is InChI=1S/C14H16N4O4S.C6H10N2O6S/c1-7(9-6-23-14(15)16-9)17-22-13(8-2-3-8)10-4-11(19)12(20)5-18(10)21;1-6(2)4(7-3-9)5(10)8(6)14-15(11,12)13/h4-6,8,13,20-21H,2-3H2,1H3,(H2,15,16);3-4H,1-2H3,(H,7,9)(H,11,12,13)/b17-7+;. The number of anilines is 1. The zero-order valence-corrected chi connectivity index (χ0v) is 22.0. The summed E-state index contributed by atoms with van der Waals surface area (Å²) in [4.78, 5) is 42.7. The maximum absolute atomic E-state index is 11.6. The number of carbonyl (C=O) groups excluding carboxylic acids is 2. The number of hydrogen-bond donors (Lipinski definition) is 5. The molecule has 1 saturated carbocycles. The van der Waals surface area contributed by atoms with E-state index in [1.54, 1.807) is 12.3 Å². The molecular weight excluding hydrogens is 548 g/mol. The molecule has 6 N–H and O–H groups in total. The summed E-state index contributed by atoms with van der Waals surface area (Å²) >= 11 is 1.31. The van der Waals surface area contributed by atoms with Gasteiger partial charge in [-0.05, 0) is 33.6 Å². The first-order valence-corrected chi connectivity index (χ1v) is 13.2. The van der Waals surface area contributed by atoms with Crippen LogP contribution >= 0.6 is 11.3 Å². The van der Waals surface area contributed by atoms with Crippen LogP contribution in [0, 0.1) is 5.92 Å². The summed E-state index contributed by atoms with van der Waals surface area (Å²) in [6, 6.07) is 0.293. The van der Waals surface area contributed by atoms with Gasteiger partial charge in [-0.15, -0.1) is 15.6 Å². The van der Waals surface area contributed by atoms with Crippen LogP contribution in [-0.2, 0) is 29.1 Å². The lowest BCUT2D eigenvalue weighted by atomic mass is 9.85. The molecule has 0 radical (unpaired) electrons. The molecule has 1 aliphatic heterocycles. The zero-order valence-electron chi connectivity index (χ0n) is 20.3. The van der Waals surface area contributed by atoms with Crippen molar-refractivity contribution in [1.82, 2.24) is 20.1 Å². The van der Waals surface area contributed by atoms with Crippen LogP contribution in [0.5, 0.6) is 5.75 Å². The first kappa shape index (κ1) is 28.8. The summed E-state index contributed by atoms with van der Waals surface area (Å²) in [5.74, 6) is -1.11. The number of hydroxylamine groups is 2. The Bertz CT molecular complexity index is 1400. The Morgan fingerprint density at radius 1 is 1.39 bits per heavy atom. The number of carbonyl (C=O) groups is 2. The molecule has 16 nitrogen and oxygen atoms in total. The highest BCUT2D eigenvalue weighted by Gasteiger charge is 2.57. The van der Waals surface area contributed by atoms with E-state index in [-0.39, 0.29) is 11.6 Å². The number of hydrogen-bond acceptors (Lipinski definition) is 13. The van der Waals surface area contributed by atoms with Crippen molar-refractivity contribution >= 4 is 44.9 Å². The second kappa shape index (κ2) is 10.9. The molecule has 2 atom stereocenters. The monoisotopic (exact) mass is 574 g/mol. The van der Waals surface area contributed by atoms with E-state index >= 15 is 0 Å². The first-order chi connectivity index (χ1) is 17.7. The van der Waals surface area contributed by atoms with Crippen LogP contribution in [0.15, 0.2) is 27.6 Å². The zero-order chi connectivity index (χ0) is 28.4. The molecule has 2 unspecified atom stereocenters. The first-order valence-electron chi connectivity index (χ1n) is 10.9. The topological polar surface area (TPSA) is 236 Å². The number of nitrogens with one attached hydrogen (secondary N) is 1. The molecule has 0 bridgehead atoms. The number of aromatic hydroxyl groups is 1. The van der Waals surface area contributed by atoms with Gasteiger partial charge in [-0.1, -0.05) is 5.16 Å². The largest absolute Gasteiger partial charge is 0.503 e. The van der Waals surface area contributed by atoms with Crippen molar-refractivity contribution < 1.29 is 42.0 Å². The van der Waals surface area contributed by atoms with Gasteiger partial charge < -0.3 is 26.2 Å². The Balaban J connectivity index is 0.000000232. The number of aromatic nitrogens is 2. The van der Waals surface area contributed by atoms with Gasteiger partial charge in [0.15, 0.2) is 17.0 Å². The number of nitrogens with zero attached hydrogens (tertiary/aromatic N) is 4. The van der Waals surface area contributed by atoms with Crippen molar-refractivity contribution in [3.63, 3.8) is 0 Å². The van der Waals surface area contributed by atoms with Gasteiger partial charge in [0.1, 0.15) is 23.1 Å². The fraction of sp³-hybridized carbons (Fsp3) is 0.450. The lowest BCUT2D eigenvalue weighted by Gasteiger charge is -2.50. The van der Waals surface area contributed by atoms with Crippen LogP contribution in [0.2, 0.25) is 0 Å². The number of rotatable bonds is 9. The third-order valence-corrected chi connectivity index (χ3v) is 6.67. The predicted octanol–water partition coefficient (Wildman–Crippen LogP) is 0.178.